The number of benzene rings is 2. The number of rotatable bonds is 6. The fourth-order valence-corrected chi connectivity index (χ4v) is 4.20. The van der Waals surface area contributed by atoms with Crippen LogP contribution in [0.3, 0.4) is 0 Å². The molecule has 3 unspecified atom stereocenters. The second-order valence-electron chi connectivity index (χ2n) is 7.15. The minimum atomic E-state index is -0.242. The Morgan fingerprint density at radius 2 is 1.72 bits per heavy atom. The molecule has 2 aliphatic rings. The normalized spacial score (nSPS) is 23.0. The molecule has 1 N–H and O–H groups in total. The average Bonchev–Trinajstić information content (AvgIpc) is 3.10. The molecule has 5 nitrogen and oxygen atoms in total. The molecule has 2 aromatic rings. The van der Waals surface area contributed by atoms with Crippen LogP contribution in [0.25, 0.3) is 0 Å². The van der Waals surface area contributed by atoms with Gasteiger partial charge in [-0.2, -0.15) is 0 Å². The van der Waals surface area contributed by atoms with E-state index in [1.807, 2.05) is 18.2 Å². The van der Waals surface area contributed by atoms with E-state index in [2.05, 4.69) is 40.5 Å². The lowest BCUT2D eigenvalue weighted by Crippen LogP contribution is -2.51. The number of halogens is 2. The zero-order valence-corrected chi connectivity index (χ0v) is 18.5. The van der Waals surface area contributed by atoms with Gasteiger partial charge in [0.15, 0.2) is 6.29 Å². The maximum atomic E-state index is 6.17. The number of nitrogens with zero attached hydrogens (tertiary/aromatic N) is 1. The summed E-state index contributed by atoms with van der Waals surface area (Å²) in [5.41, 5.74) is 3.69. The lowest BCUT2D eigenvalue weighted by molar-refractivity contribution is -0.144. The first-order valence-corrected chi connectivity index (χ1v) is 9.68. The van der Waals surface area contributed by atoms with Gasteiger partial charge in [0.1, 0.15) is 5.75 Å². The van der Waals surface area contributed by atoms with E-state index in [0.29, 0.717) is 6.04 Å². The van der Waals surface area contributed by atoms with E-state index in [9.17, 15) is 0 Å². The number of hydrogen-bond donors (Lipinski definition) is 1. The summed E-state index contributed by atoms with van der Waals surface area (Å²) >= 11 is 0. The molecule has 0 bridgehead atoms. The molecule has 1 fully saturated rings. The number of nitrogens with one attached hydrogen (secondary N) is 1. The number of ether oxygens (including phenoxy) is 3. The highest BCUT2D eigenvalue weighted by Gasteiger charge is 2.32. The second-order valence-corrected chi connectivity index (χ2v) is 7.15. The Morgan fingerprint density at radius 1 is 1.00 bits per heavy atom. The topological polar surface area (TPSA) is 43.0 Å². The Bertz CT molecular complexity index is 760. The van der Waals surface area contributed by atoms with Crippen LogP contribution >= 0.6 is 24.8 Å². The molecule has 3 atom stereocenters. The Morgan fingerprint density at radius 3 is 2.41 bits per heavy atom. The van der Waals surface area contributed by atoms with E-state index in [1.165, 1.54) is 16.8 Å². The standard InChI is InChI=1S/C22H28N2O3.2ClH/c1-25-18-10-7-16(8-11-18)24-14-13-23-15-17(24)9-12-21-19-5-3-4-6-20(19)22(26-2)27-21;;/h3-8,10-11,17,21-23H,9,12-15H2,1-2H3;2*1H. The summed E-state index contributed by atoms with van der Waals surface area (Å²) in [6, 6.07) is 17.2. The molecule has 2 heterocycles. The van der Waals surface area contributed by atoms with Crippen LogP contribution in [0.1, 0.15) is 36.4 Å². The van der Waals surface area contributed by atoms with Crippen molar-refractivity contribution in [2.45, 2.75) is 31.3 Å². The monoisotopic (exact) mass is 440 g/mol. The number of piperazine rings is 1. The van der Waals surface area contributed by atoms with Crippen LogP contribution < -0.4 is 15.0 Å². The minimum Gasteiger partial charge on any atom is -0.497 e. The van der Waals surface area contributed by atoms with Crippen LogP contribution in [0.15, 0.2) is 48.5 Å². The molecule has 0 spiro atoms. The van der Waals surface area contributed by atoms with Crippen molar-refractivity contribution < 1.29 is 14.2 Å². The summed E-state index contributed by atoms with van der Waals surface area (Å²) in [5, 5.41) is 3.54. The predicted octanol–water partition coefficient (Wildman–Crippen LogP) is 4.51. The molecular weight excluding hydrogens is 411 g/mol. The maximum absolute atomic E-state index is 6.17. The summed E-state index contributed by atoms with van der Waals surface area (Å²) in [6.45, 7) is 3.02. The molecule has 160 valence electrons. The zero-order valence-electron chi connectivity index (χ0n) is 16.9. The van der Waals surface area contributed by atoms with E-state index in [1.54, 1.807) is 14.2 Å². The van der Waals surface area contributed by atoms with Gasteiger partial charge in [-0.15, -0.1) is 24.8 Å². The Balaban J connectivity index is 0.00000150. The Hall–Kier alpha value is -1.50. The number of methoxy groups -OCH3 is 2. The minimum absolute atomic E-state index is 0. The fraction of sp³-hybridized carbons (Fsp3) is 0.455. The van der Waals surface area contributed by atoms with E-state index in [-0.39, 0.29) is 37.2 Å². The third-order valence-electron chi connectivity index (χ3n) is 5.62. The van der Waals surface area contributed by atoms with E-state index in [0.717, 1.165) is 38.2 Å². The van der Waals surface area contributed by atoms with Crippen molar-refractivity contribution in [2.24, 2.45) is 0 Å². The smallest absolute Gasteiger partial charge is 0.184 e. The second kappa shape index (κ2) is 11.0. The Labute approximate surface area is 185 Å². The van der Waals surface area contributed by atoms with Gasteiger partial charge < -0.3 is 24.4 Å². The maximum Gasteiger partial charge on any atom is 0.184 e. The van der Waals surface area contributed by atoms with Crippen LogP contribution in [0.5, 0.6) is 5.75 Å². The van der Waals surface area contributed by atoms with Gasteiger partial charge in [-0.3, -0.25) is 0 Å². The van der Waals surface area contributed by atoms with Gasteiger partial charge in [0.05, 0.1) is 13.2 Å². The largest absolute Gasteiger partial charge is 0.497 e. The zero-order chi connectivity index (χ0) is 18.6. The Kier molecular flexibility index (Phi) is 9.05. The number of hydrogen-bond acceptors (Lipinski definition) is 5. The first-order valence-electron chi connectivity index (χ1n) is 9.68. The van der Waals surface area contributed by atoms with Crippen molar-refractivity contribution in [3.8, 4) is 5.75 Å². The third kappa shape index (κ3) is 5.16. The summed E-state index contributed by atoms with van der Waals surface area (Å²) in [4.78, 5) is 2.50. The third-order valence-corrected chi connectivity index (χ3v) is 5.62. The molecule has 2 aromatic carbocycles. The summed E-state index contributed by atoms with van der Waals surface area (Å²) in [7, 11) is 3.41. The molecule has 0 amide bonds. The van der Waals surface area contributed by atoms with Gasteiger partial charge in [0.2, 0.25) is 0 Å². The first-order chi connectivity index (χ1) is 13.3. The SMILES string of the molecule is COc1ccc(N2CCNCC2CCC2OC(OC)c3ccccc32)cc1.Cl.Cl. The molecular formula is C22H30Cl2N2O3. The van der Waals surface area contributed by atoms with E-state index >= 15 is 0 Å². The van der Waals surface area contributed by atoms with Gasteiger partial charge in [0.25, 0.3) is 0 Å². The number of anilines is 1. The molecule has 0 aromatic heterocycles. The van der Waals surface area contributed by atoms with Crippen molar-refractivity contribution in [1.29, 1.82) is 0 Å². The quantitative estimate of drug-likeness (QED) is 0.715. The van der Waals surface area contributed by atoms with Crippen molar-refractivity contribution in [3.63, 3.8) is 0 Å². The highest BCUT2D eigenvalue weighted by atomic mass is 35.5. The molecule has 4 rings (SSSR count). The number of fused-ring (bicyclic) bond motifs is 1. The lowest BCUT2D eigenvalue weighted by atomic mass is 9.98. The van der Waals surface area contributed by atoms with Crippen molar-refractivity contribution in [1.82, 2.24) is 5.32 Å². The molecule has 2 aliphatic heterocycles. The fourth-order valence-electron chi connectivity index (χ4n) is 4.20. The van der Waals surface area contributed by atoms with Gasteiger partial charge in [-0.25, -0.2) is 0 Å². The molecule has 1 saturated heterocycles. The van der Waals surface area contributed by atoms with Gasteiger partial charge >= 0.3 is 0 Å². The first kappa shape index (κ1) is 23.8. The molecule has 29 heavy (non-hydrogen) atoms. The van der Waals surface area contributed by atoms with Gasteiger partial charge in [-0.1, -0.05) is 24.3 Å². The van der Waals surface area contributed by atoms with Crippen LogP contribution in [0, 0.1) is 0 Å². The lowest BCUT2D eigenvalue weighted by Gasteiger charge is -2.38. The predicted molar refractivity (Wildman–Crippen MR) is 121 cm³/mol. The van der Waals surface area contributed by atoms with E-state index < -0.39 is 0 Å². The summed E-state index contributed by atoms with van der Waals surface area (Å²) < 4.78 is 17.0. The summed E-state index contributed by atoms with van der Waals surface area (Å²) in [5.74, 6) is 0.895. The molecule has 7 heteroatoms. The summed E-state index contributed by atoms with van der Waals surface area (Å²) in [6.07, 6.45) is 1.91. The van der Waals surface area contributed by atoms with Crippen LogP contribution in [0.4, 0.5) is 5.69 Å². The van der Waals surface area contributed by atoms with E-state index in [4.69, 9.17) is 14.2 Å². The average molecular weight is 441 g/mol. The van der Waals surface area contributed by atoms with Crippen LogP contribution in [-0.4, -0.2) is 39.9 Å². The van der Waals surface area contributed by atoms with Crippen LogP contribution in [-0.2, 0) is 9.47 Å². The molecule has 0 saturated carbocycles. The van der Waals surface area contributed by atoms with Gasteiger partial charge in [0, 0.05) is 44.0 Å². The van der Waals surface area contributed by atoms with Crippen LogP contribution in [0.2, 0.25) is 0 Å². The van der Waals surface area contributed by atoms with Crippen molar-refractivity contribution in [3.05, 3.63) is 59.7 Å². The highest BCUT2D eigenvalue weighted by molar-refractivity contribution is 5.85. The molecule has 0 aliphatic carbocycles. The highest BCUT2D eigenvalue weighted by Crippen LogP contribution is 2.42. The van der Waals surface area contributed by atoms with Crippen molar-refractivity contribution in [2.75, 3.05) is 38.8 Å². The van der Waals surface area contributed by atoms with Crippen molar-refractivity contribution >= 4 is 30.5 Å². The van der Waals surface area contributed by atoms with Gasteiger partial charge in [-0.05, 0) is 42.7 Å². The molecule has 0 radical (unpaired) electrons.